The van der Waals surface area contributed by atoms with Gasteiger partial charge in [-0.1, -0.05) is 30.3 Å². The molecule has 3 atom stereocenters. The van der Waals surface area contributed by atoms with Crippen LogP contribution in [0, 0.1) is 0 Å². The molecule has 1 aromatic rings. The molecule has 2 saturated heterocycles. The van der Waals surface area contributed by atoms with E-state index < -0.39 is 0 Å². The predicted molar refractivity (Wildman–Crippen MR) is 80.0 cm³/mol. The maximum absolute atomic E-state index is 12.1. The molecule has 1 aromatic carbocycles. The molecule has 1 amide bonds. The Bertz CT molecular complexity index is 435. The fraction of sp³-hybridized carbons (Fsp3) is 0.533. The third-order valence-electron chi connectivity index (χ3n) is 3.92. The fourth-order valence-electron chi connectivity index (χ4n) is 2.90. The Hall–Kier alpha value is -1.10. The van der Waals surface area contributed by atoms with Crippen LogP contribution >= 0.6 is 12.4 Å². The molecule has 0 bridgehead atoms. The van der Waals surface area contributed by atoms with Gasteiger partial charge in [0.25, 0.3) is 0 Å². The Kier molecular flexibility index (Phi) is 5.40. The first kappa shape index (κ1) is 15.3. The van der Waals surface area contributed by atoms with Gasteiger partial charge >= 0.3 is 0 Å². The van der Waals surface area contributed by atoms with Crippen molar-refractivity contribution in [2.75, 3.05) is 13.2 Å². The predicted octanol–water partition coefficient (Wildman–Crippen LogP) is 1.81. The molecule has 0 spiro atoms. The summed E-state index contributed by atoms with van der Waals surface area (Å²) in [6.45, 7) is 1.66. The van der Waals surface area contributed by atoms with Crippen LogP contribution in [0.1, 0.15) is 30.9 Å². The molecule has 20 heavy (non-hydrogen) atoms. The molecule has 3 rings (SSSR count). The third-order valence-corrected chi connectivity index (χ3v) is 3.92. The molecule has 0 aliphatic carbocycles. The first-order valence-electron chi connectivity index (χ1n) is 7.05. The minimum absolute atomic E-state index is 0. The smallest absolute Gasteiger partial charge is 0.237 e. The van der Waals surface area contributed by atoms with Crippen molar-refractivity contribution in [3.8, 4) is 0 Å². The summed E-state index contributed by atoms with van der Waals surface area (Å²) >= 11 is 0. The molecule has 4 nitrogen and oxygen atoms in total. The van der Waals surface area contributed by atoms with Crippen LogP contribution in [0.15, 0.2) is 30.3 Å². The van der Waals surface area contributed by atoms with Crippen LogP contribution in [0.25, 0.3) is 0 Å². The number of hydrogen-bond donors (Lipinski definition) is 2. The molecule has 2 aliphatic rings. The highest BCUT2D eigenvalue weighted by Crippen LogP contribution is 2.29. The molecule has 3 unspecified atom stereocenters. The first-order valence-corrected chi connectivity index (χ1v) is 7.05. The zero-order valence-electron chi connectivity index (χ0n) is 11.4. The van der Waals surface area contributed by atoms with Gasteiger partial charge in [-0.25, -0.2) is 0 Å². The summed E-state index contributed by atoms with van der Waals surface area (Å²) in [7, 11) is 0. The van der Waals surface area contributed by atoms with Crippen molar-refractivity contribution in [3.63, 3.8) is 0 Å². The van der Waals surface area contributed by atoms with Crippen LogP contribution in [0.2, 0.25) is 0 Å². The second kappa shape index (κ2) is 7.07. The van der Waals surface area contributed by atoms with Crippen molar-refractivity contribution in [1.29, 1.82) is 0 Å². The standard InChI is InChI=1S/C15H20N2O2.ClH/c18-15(13-7-4-9-16-13)17-12-8-10-19-14(12)11-5-2-1-3-6-11;/h1-3,5-6,12-14,16H,4,7-10H2,(H,17,18);1H. The number of rotatable bonds is 3. The van der Waals surface area contributed by atoms with Gasteiger partial charge in [-0.2, -0.15) is 0 Å². The number of amides is 1. The van der Waals surface area contributed by atoms with Crippen molar-refractivity contribution < 1.29 is 9.53 Å². The maximum Gasteiger partial charge on any atom is 0.237 e. The summed E-state index contributed by atoms with van der Waals surface area (Å²) in [5, 5.41) is 6.37. The second-order valence-corrected chi connectivity index (χ2v) is 5.25. The topological polar surface area (TPSA) is 50.4 Å². The lowest BCUT2D eigenvalue weighted by Gasteiger charge is -2.22. The lowest BCUT2D eigenvalue weighted by molar-refractivity contribution is -0.123. The molecule has 5 heteroatoms. The summed E-state index contributed by atoms with van der Waals surface area (Å²) in [5.74, 6) is 0.119. The zero-order valence-corrected chi connectivity index (χ0v) is 12.2. The van der Waals surface area contributed by atoms with E-state index in [1.165, 1.54) is 0 Å². The lowest BCUT2D eigenvalue weighted by Crippen LogP contribution is -2.46. The van der Waals surface area contributed by atoms with Crippen molar-refractivity contribution >= 4 is 18.3 Å². The van der Waals surface area contributed by atoms with Crippen molar-refractivity contribution in [2.45, 2.75) is 37.5 Å². The zero-order chi connectivity index (χ0) is 13.1. The summed E-state index contributed by atoms with van der Waals surface area (Å²) in [4.78, 5) is 12.1. The first-order chi connectivity index (χ1) is 9.34. The Morgan fingerprint density at radius 1 is 1.25 bits per heavy atom. The van der Waals surface area contributed by atoms with Gasteiger partial charge in [0.1, 0.15) is 6.10 Å². The van der Waals surface area contributed by atoms with Crippen molar-refractivity contribution in [3.05, 3.63) is 35.9 Å². The molecule has 2 N–H and O–H groups in total. The molecule has 0 saturated carbocycles. The quantitative estimate of drug-likeness (QED) is 0.894. The van der Waals surface area contributed by atoms with Crippen LogP contribution in [-0.4, -0.2) is 31.1 Å². The van der Waals surface area contributed by atoms with E-state index in [2.05, 4.69) is 22.8 Å². The molecule has 0 radical (unpaired) electrons. The summed E-state index contributed by atoms with van der Waals surface area (Å²) in [6.07, 6.45) is 2.90. The normalized spacial score (nSPS) is 28.9. The highest BCUT2D eigenvalue weighted by Gasteiger charge is 2.33. The van der Waals surface area contributed by atoms with E-state index in [-0.39, 0.29) is 36.5 Å². The number of nitrogens with one attached hydrogen (secondary N) is 2. The Morgan fingerprint density at radius 3 is 2.75 bits per heavy atom. The van der Waals surface area contributed by atoms with Crippen LogP contribution < -0.4 is 10.6 Å². The van der Waals surface area contributed by atoms with Crippen LogP contribution in [0.3, 0.4) is 0 Å². The minimum Gasteiger partial charge on any atom is -0.371 e. The van der Waals surface area contributed by atoms with E-state index in [0.717, 1.165) is 31.4 Å². The number of benzene rings is 1. The van der Waals surface area contributed by atoms with E-state index in [1.807, 2.05) is 18.2 Å². The van der Waals surface area contributed by atoms with Gasteiger partial charge in [-0.3, -0.25) is 4.79 Å². The van der Waals surface area contributed by atoms with Gasteiger partial charge in [0, 0.05) is 6.61 Å². The van der Waals surface area contributed by atoms with Gasteiger partial charge in [0.2, 0.25) is 5.91 Å². The van der Waals surface area contributed by atoms with Crippen LogP contribution in [-0.2, 0) is 9.53 Å². The van der Waals surface area contributed by atoms with Crippen molar-refractivity contribution in [1.82, 2.24) is 10.6 Å². The maximum atomic E-state index is 12.1. The molecule has 2 heterocycles. The highest BCUT2D eigenvalue weighted by atomic mass is 35.5. The number of carbonyl (C=O) groups is 1. The Balaban J connectivity index is 0.00000147. The summed E-state index contributed by atoms with van der Waals surface area (Å²) in [6, 6.07) is 10.2. The lowest BCUT2D eigenvalue weighted by atomic mass is 10.0. The molecular weight excluding hydrogens is 276 g/mol. The number of hydrogen-bond acceptors (Lipinski definition) is 3. The third kappa shape index (κ3) is 3.32. The molecule has 110 valence electrons. The summed E-state index contributed by atoms with van der Waals surface area (Å²) in [5.41, 5.74) is 1.14. The van der Waals surface area contributed by atoms with Gasteiger partial charge in [0.05, 0.1) is 12.1 Å². The van der Waals surface area contributed by atoms with E-state index in [1.54, 1.807) is 0 Å². The average molecular weight is 297 g/mol. The summed E-state index contributed by atoms with van der Waals surface area (Å²) < 4.78 is 5.78. The number of halogens is 1. The second-order valence-electron chi connectivity index (χ2n) is 5.25. The van der Waals surface area contributed by atoms with Crippen LogP contribution in [0.5, 0.6) is 0 Å². The van der Waals surface area contributed by atoms with Gasteiger partial charge in [-0.05, 0) is 31.4 Å². The van der Waals surface area contributed by atoms with Gasteiger partial charge < -0.3 is 15.4 Å². The molecule has 2 fully saturated rings. The van der Waals surface area contributed by atoms with E-state index >= 15 is 0 Å². The highest BCUT2D eigenvalue weighted by molar-refractivity contribution is 5.85. The monoisotopic (exact) mass is 296 g/mol. The molecule has 0 aromatic heterocycles. The van der Waals surface area contributed by atoms with E-state index in [4.69, 9.17) is 4.74 Å². The van der Waals surface area contributed by atoms with Crippen LogP contribution in [0.4, 0.5) is 0 Å². The molecular formula is C15H21ClN2O2. The van der Waals surface area contributed by atoms with Crippen molar-refractivity contribution in [2.24, 2.45) is 0 Å². The average Bonchev–Trinajstić information content (AvgIpc) is 3.11. The largest absolute Gasteiger partial charge is 0.371 e. The number of ether oxygens (including phenoxy) is 1. The van der Waals surface area contributed by atoms with Gasteiger partial charge in [0.15, 0.2) is 0 Å². The van der Waals surface area contributed by atoms with E-state index in [0.29, 0.717) is 6.61 Å². The number of carbonyl (C=O) groups excluding carboxylic acids is 1. The SMILES string of the molecule is Cl.O=C(NC1CCOC1c1ccccc1)C1CCCN1. The minimum atomic E-state index is -0.0166. The Labute approximate surface area is 125 Å². The van der Waals surface area contributed by atoms with Gasteiger partial charge in [-0.15, -0.1) is 12.4 Å². The Morgan fingerprint density at radius 2 is 2.05 bits per heavy atom. The van der Waals surface area contributed by atoms with E-state index in [9.17, 15) is 4.79 Å². The fourth-order valence-corrected chi connectivity index (χ4v) is 2.90. The molecule has 2 aliphatic heterocycles.